The zero-order valence-electron chi connectivity index (χ0n) is 52.9. The Bertz CT molecular complexity index is 1960. The second kappa shape index (κ2) is 59.8. The summed E-state index contributed by atoms with van der Waals surface area (Å²) < 4.78 is 30.7. The maximum absolute atomic E-state index is 13.6. The maximum atomic E-state index is 13.6. The van der Waals surface area contributed by atoms with Gasteiger partial charge in [0.15, 0.2) is 0 Å². The van der Waals surface area contributed by atoms with Crippen molar-refractivity contribution in [1.29, 1.82) is 0 Å². The lowest BCUT2D eigenvalue weighted by Gasteiger charge is -2.27. The van der Waals surface area contributed by atoms with Gasteiger partial charge in [0, 0.05) is 12.8 Å². The molecule has 10 heteroatoms. The molecule has 0 aliphatic heterocycles. The van der Waals surface area contributed by atoms with Crippen molar-refractivity contribution in [2.45, 2.75) is 245 Å². The van der Waals surface area contributed by atoms with Gasteiger partial charge in [-0.05, 0) is 134 Å². The van der Waals surface area contributed by atoms with Crippen molar-refractivity contribution in [2.75, 3.05) is 40.9 Å². The molecule has 0 fully saturated rings. The van der Waals surface area contributed by atoms with Crippen LogP contribution in [0.1, 0.15) is 233 Å². The number of nitrogens with zero attached hydrogens (tertiary/aromatic N) is 1. The number of esters is 1. The number of rotatable bonds is 56. The average Bonchev–Trinajstić information content (AvgIpc) is 3.47. The van der Waals surface area contributed by atoms with Crippen LogP contribution in [0.25, 0.3) is 0 Å². The van der Waals surface area contributed by atoms with Crippen molar-refractivity contribution in [3.8, 4) is 0 Å². The molecule has 0 spiro atoms. The van der Waals surface area contributed by atoms with Crippen LogP contribution in [0.5, 0.6) is 0 Å². The van der Waals surface area contributed by atoms with Gasteiger partial charge in [-0.1, -0.05) is 243 Å². The van der Waals surface area contributed by atoms with E-state index in [4.69, 9.17) is 13.8 Å². The largest absolute Gasteiger partial charge is 0.472 e. The number of ether oxygens (including phenoxy) is 1. The molecule has 0 aromatic heterocycles. The fraction of sp³-hybridized carbons (Fsp3) is 0.611. The fourth-order valence-corrected chi connectivity index (χ4v) is 9.03. The molecule has 9 nitrogen and oxygen atoms in total. The molecule has 3 unspecified atom stereocenters. The van der Waals surface area contributed by atoms with Crippen molar-refractivity contribution in [1.82, 2.24) is 5.32 Å². The summed E-state index contributed by atoms with van der Waals surface area (Å²) in [6.45, 7) is 6.71. The third-order valence-corrected chi connectivity index (χ3v) is 14.2. The number of unbranched alkanes of at least 4 members (excludes halogenated alkanes) is 16. The molecule has 0 bridgehead atoms. The highest BCUT2D eigenvalue weighted by atomic mass is 31.2. The molecular weight excluding hydrogens is 1040 g/mol. The Morgan fingerprint density at radius 3 is 1.18 bits per heavy atom. The number of nitrogens with one attached hydrogen (secondary N) is 1. The van der Waals surface area contributed by atoms with Crippen molar-refractivity contribution in [2.24, 2.45) is 0 Å². The lowest BCUT2D eigenvalue weighted by atomic mass is 10.1. The van der Waals surface area contributed by atoms with E-state index < -0.39 is 20.0 Å². The van der Waals surface area contributed by atoms with E-state index in [2.05, 4.69) is 172 Å². The highest BCUT2D eigenvalue weighted by molar-refractivity contribution is 7.47. The van der Waals surface area contributed by atoms with E-state index in [0.29, 0.717) is 23.9 Å². The molecule has 0 aromatic rings. The molecule has 0 rings (SSSR count). The van der Waals surface area contributed by atoms with E-state index in [1.54, 1.807) is 0 Å². The summed E-state index contributed by atoms with van der Waals surface area (Å²) in [6.07, 6.45) is 88.2. The summed E-state index contributed by atoms with van der Waals surface area (Å²) in [5, 5.41) is 3.03. The fourth-order valence-electron chi connectivity index (χ4n) is 8.30. The zero-order valence-corrected chi connectivity index (χ0v) is 53.8. The number of quaternary nitrogens is 1. The highest BCUT2D eigenvalue weighted by Gasteiger charge is 2.30. The van der Waals surface area contributed by atoms with Gasteiger partial charge in [-0.15, -0.1) is 0 Å². The summed E-state index contributed by atoms with van der Waals surface area (Å²) in [6, 6.07) is -0.894. The first-order chi connectivity index (χ1) is 39.9. The number of phosphoric ester groups is 1. The first-order valence-electron chi connectivity index (χ1n) is 32.3. The number of phosphoric acid groups is 1. The van der Waals surface area contributed by atoms with Gasteiger partial charge in [-0.3, -0.25) is 18.6 Å². The standard InChI is InChI=1S/C72H119N2O7P/c1-7-10-13-16-19-22-25-28-30-32-34-36-37-39-40-42-44-46-49-52-55-58-61-64-71(75)73-69(68-80-82(77,78)79-67-66-74(4,5)6)70(63-60-57-54-51-48-27-24-21-18-15-12-9-3)81-72(76)65-62-59-56-53-50-47-45-43-41-38-35-33-31-29-26-23-20-17-14-11-8-2/h10-11,13-14,19-20,22-23,28-31,34-36,38-40,43-46,50,53,60,63,69-70H,7-9,12,15-18,21,24-27,32-33,37,41-42,47-49,51-52,54-59,61-62,64-68H2,1-6H3,(H-,73,75,77,78)/p+1/b13-10-,14-11-,22-19-,23-20-,30-28-,31-29-,36-34-,38-35-,40-39-,45-43-,46-44-,53-50-,63-60+. The molecule has 464 valence electrons. The highest BCUT2D eigenvalue weighted by Crippen LogP contribution is 2.43. The molecule has 3 atom stereocenters. The summed E-state index contributed by atoms with van der Waals surface area (Å²) in [5.74, 6) is -0.598. The Morgan fingerprint density at radius 2 is 0.780 bits per heavy atom. The van der Waals surface area contributed by atoms with Crippen LogP contribution >= 0.6 is 7.82 Å². The Labute approximate surface area is 503 Å². The molecule has 82 heavy (non-hydrogen) atoms. The summed E-state index contributed by atoms with van der Waals surface area (Å²) in [7, 11) is 1.43. The summed E-state index contributed by atoms with van der Waals surface area (Å²) in [4.78, 5) is 37.8. The van der Waals surface area contributed by atoms with Crippen LogP contribution in [-0.2, 0) is 27.9 Å². The number of hydrogen-bond acceptors (Lipinski definition) is 6. The first kappa shape index (κ1) is 77.6. The second-order valence-corrected chi connectivity index (χ2v) is 23.6. The SMILES string of the molecule is CC/C=C\C/C=C\C/C=C\C/C=C\C/C=C\C/C=C\CCCCCCC(=O)NC(COP(=O)(O)OCC[N+](C)(C)C)C(/C=C/CCCCCCCCCCCC)OC(=O)CCCC/C=C\C/C=C\C/C=C\C/C=C\C/C=C\C/C=C\CC. The maximum Gasteiger partial charge on any atom is 0.472 e. The number of hydrogen-bond donors (Lipinski definition) is 2. The van der Waals surface area contributed by atoms with Gasteiger partial charge in [0.1, 0.15) is 19.3 Å². The molecule has 2 N–H and O–H groups in total. The molecular formula is C72H120N2O7P+. The van der Waals surface area contributed by atoms with E-state index in [-0.39, 0.29) is 37.9 Å². The molecule has 0 aliphatic rings. The van der Waals surface area contributed by atoms with Crippen LogP contribution in [0, 0.1) is 0 Å². The quantitative estimate of drug-likeness (QED) is 0.0205. The predicted molar refractivity (Wildman–Crippen MR) is 355 cm³/mol. The minimum Gasteiger partial charge on any atom is -0.456 e. The molecule has 0 saturated heterocycles. The smallest absolute Gasteiger partial charge is 0.456 e. The van der Waals surface area contributed by atoms with Crippen LogP contribution in [-0.4, -0.2) is 74.3 Å². The lowest BCUT2D eigenvalue weighted by molar-refractivity contribution is -0.870. The zero-order chi connectivity index (χ0) is 60.0. The minimum atomic E-state index is -4.48. The van der Waals surface area contributed by atoms with Crippen molar-refractivity contribution >= 4 is 19.7 Å². The van der Waals surface area contributed by atoms with Gasteiger partial charge in [-0.25, -0.2) is 4.57 Å². The topological polar surface area (TPSA) is 111 Å². The summed E-state index contributed by atoms with van der Waals surface area (Å²) in [5.41, 5.74) is 0. The van der Waals surface area contributed by atoms with Crippen molar-refractivity contribution in [3.05, 3.63) is 158 Å². The predicted octanol–water partition coefficient (Wildman–Crippen LogP) is 20.4. The van der Waals surface area contributed by atoms with Gasteiger partial charge < -0.3 is 19.4 Å². The van der Waals surface area contributed by atoms with Gasteiger partial charge in [-0.2, -0.15) is 0 Å². The van der Waals surface area contributed by atoms with E-state index in [0.717, 1.165) is 135 Å². The third kappa shape index (κ3) is 60.2. The van der Waals surface area contributed by atoms with Crippen LogP contribution in [0.4, 0.5) is 0 Å². The lowest BCUT2D eigenvalue weighted by Crippen LogP contribution is -2.47. The molecule has 0 aromatic carbocycles. The second-order valence-electron chi connectivity index (χ2n) is 22.2. The first-order valence-corrected chi connectivity index (χ1v) is 33.8. The van der Waals surface area contributed by atoms with Crippen molar-refractivity contribution < 1.29 is 37.3 Å². The number of likely N-dealkylation sites (N-methyl/N-ethyl adjacent to an activating group) is 1. The van der Waals surface area contributed by atoms with E-state index in [1.165, 1.54) is 51.4 Å². The van der Waals surface area contributed by atoms with Crippen LogP contribution in [0.15, 0.2) is 158 Å². The van der Waals surface area contributed by atoms with Gasteiger partial charge >= 0.3 is 13.8 Å². The Hall–Kier alpha value is -4.37. The number of carbonyl (C=O) groups is 2. The molecule has 0 radical (unpaired) electrons. The Kier molecular flexibility index (Phi) is 56.6. The van der Waals surface area contributed by atoms with Crippen LogP contribution in [0.2, 0.25) is 0 Å². The van der Waals surface area contributed by atoms with Crippen LogP contribution < -0.4 is 5.32 Å². The summed E-state index contributed by atoms with van der Waals surface area (Å²) >= 11 is 0. The van der Waals surface area contributed by atoms with E-state index >= 15 is 0 Å². The van der Waals surface area contributed by atoms with Crippen LogP contribution in [0.3, 0.4) is 0 Å². The molecule has 1 amide bonds. The van der Waals surface area contributed by atoms with E-state index in [9.17, 15) is 19.0 Å². The molecule has 0 saturated carbocycles. The number of carbonyl (C=O) groups excluding carboxylic acids is 2. The normalized spacial score (nSPS) is 14.7. The minimum absolute atomic E-state index is 0.0180. The van der Waals surface area contributed by atoms with Gasteiger partial charge in [0.2, 0.25) is 5.91 Å². The average molecular weight is 1160 g/mol. The Balaban J connectivity index is 5.36. The van der Waals surface area contributed by atoms with Crippen molar-refractivity contribution in [3.63, 3.8) is 0 Å². The van der Waals surface area contributed by atoms with Gasteiger partial charge in [0.25, 0.3) is 0 Å². The third-order valence-electron chi connectivity index (χ3n) is 13.2. The van der Waals surface area contributed by atoms with Gasteiger partial charge in [0.05, 0.1) is 33.8 Å². The van der Waals surface area contributed by atoms with E-state index in [1.807, 2.05) is 33.3 Å². The molecule has 0 heterocycles. The number of amides is 1. The number of allylic oxidation sites excluding steroid dienone is 25. The monoisotopic (exact) mass is 1160 g/mol. The Morgan fingerprint density at radius 1 is 0.439 bits per heavy atom. The molecule has 0 aliphatic carbocycles.